The molecule has 2 aromatic rings. The third kappa shape index (κ3) is 3.72. The van der Waals surface area contributed by atoms with Crippen LogP contribution in [-0.2, 0) is 9.59 Å². The van der Waals surface area contributed by atoms with E-state index < -0.39 is 17.7 Å². The van der Waals surface area contributed by atoms with Gasteiger partial charge in [-0.3, -0.25) is 9.59 Å². The average molecular weight is 405 g/mol. The summed E-state index contributed by atoms with van der Waals surface area (Å²) < 4.78 is 5.68. The number of aliphatic hydroxyl groups is 1. The molecule has 1 unspecified atom stereocenters. The van der Waals surface area contributed by atoms with E-state index in [-0.39, 0.29) is 17.4 Å². The Bertz CT molecular complexity index is 943. The number of ether oxygens (including phenoxy) is 1. The number of nitrogens with zero attached hydrogens (tertiary/aromatic N) is 1. The van der Waals surface area contributed by atoms with Gasteiger partial charge in [0.15, 0.2) is 0 Å². The molecule has 30 heavy (non-hydrogen) atoms. The summed E-state index contributed by atoms with van der Waals surface area (Å²) >= 11 is 0. The molecule has 1 amide bonds. The number of likely N-dealkylation sites (tertiary alicyclic amines) is 1. The zero-order chi connectivity index (χ0) is 21.1. The Morgan fingerprint density at radius 2 is 1.70 bits per heavy atom. The van der Waals surface area contributed by atoms with Crippen molar-refractivity contribution in [1.82, 2.24) is 4.90 Å². The lowest BCUT2D eigenvalue weighted by molar-refractivity contribution is -0.141. The summed E-state index contributed by atoms with van der Waals surface area (Å²) in [4.78, 5) is 27.8. The molecule has 156 valence electrons. The van der Waals surface area contributed by atoms with Crippen molar-refractivity contribution in [3.05, 3.63) is 71.3 Å². The van der Waals surface area contributed by atoms with Crippen LogP contribution < -0.4 is 4.74 Å². The second-order valence-corrected chi connectivity index (χ2v) is 7.93. The molecule has 2 aliphatic rings. The van der Waals surface area contributed by atoms with E-state index in [2.05, 4.69) is 0 Å². The largest absolute Gasteiger partial charge is 0.507 e. The van der Waals surface area contributed by atoms with Crippen molar-refractivity contribution in [3.63, 3.8) is 0 Å². The molecule has 1 saturated carbocycles. The first-order valence-electron chi connectivity index (χ1n) is 10.7. The van der Waals surface area contributed by atoms with Crippen molar-refractivity contribution in [3.8, 4) is 5.75 Å². The number of hydrogen-bond donors (Lipinski definition) is 1. The van der Waals surface area contributed by atoms with E-state index >= 15 is 0 Å². The molecule has 1 heterocycles. The van der Waals surface area contributed by atoms with Crippen LogP contribution in [0.5, 0.6) is 5.75 Å². The number of benzene rings is 2. The third-order valence-corrected chi connectivity index (χ3v) is 5.91. The molecule has 0 bridgehead atoms. The predicted molar refractivity (Wildman–Crippen MR) is 115 cm³/mol. The van der Waals surface area contributed by atoms with E-state index in [1.807, 2.05) is 37.3 Å². The van der Waals surface area contributed by atoms with Gasteiger partial charge in [0.25, 0.3) is 11.7 Å². The summed E-state index contributed by atoms with van der Waals surface area (Å²) in [7, 11) is 0. The Morgan fingerprint density at radius 3 is 2.33 bits per heavy atom. The van der Waals surface area contributed by atoms with Crippen molar-refractivity contribution < 1.29 is 19.4 Å². The Hall–Kier alpha value is -3.08. The standard InChI is InChI=1S/C25H27NO4/c1-2-16-30-20-14-12-17(13-15-20)22-21(23(27)18-8-4-3-5-9-18)24(28)25(29)26(22)19-10-6-7-11-19/h3-5,8-9,12-15,19,22,27H,2,6-7,10-11,16H2,1H3/b23-21-. The molecule has 2 fully saturated rings. The smallest absolute Gasteiger partial charge is 0.295 e. The number of hydrogen-bond acceptors (Lipinski definition) is 4. The van der Waals surface area contributed by atoms with E-state index in [1.54, 1.807) is 29.2 Å². The summed E-state index contributed by atoms with van der Waals surface area (Å²) in [5.74, 6) is -0.498. The van der Waals surface area contributed by atoms with Crippen LogP contribution in [0.15, 0.2) is 60.2 Å². The number of Topliss-reactive ketones (excluding diaryl/α,β-unsaturated/α-hetero) is 1. The minimum Gasteiger partial charge on any atom is -0.507 e. The summed E-state index contributed by atoms with van der Waals surface area (Å²) in [5, 5.41) is 11.0. The number of rotatable bonds is 6. The molecule has 1 atom stereocenters. The first-order chi connectivity index (χ1) is 14.6. The van der Waals surface area contributed by atoms with Gasteiger partial charge in [-0.25, -0.2) is 0 Å². The Kier molecular flexibility index (Phi) is 5.88. The molecular weight excluding hydrogens is 378 g/mol. The normalized spacial score (nSPS) is 21.4. The van der Waals surface area contributed by atoms with Gasteiger partial charge in [-0.1, -0.05) is 62.2 Å². The first-order valence-corrected chi connectivity index (χ1v) is 10.7. The van der Waals surface area contributed by atoms with Gasteiger partial charge in [-0.15, -0.1) is 0 Å². The van der Waals surface area contributed by atoms with Gasteiger partial charge in [0, 0.05) is 11.6 Å². The highest BCUT2D eigenvalue weighted by Crippen LogP contribution is 2.43. The van der Waals surface area contributed by atoms with E-state index in [9.17, 15) is 14.7 Å². The summed E-state index contributed by atoms with van der Waals surface area (Å²) in [6, 6.07) is 15.9. The minimum absolute atomic E-state index is 0.0172. The van der Waals surface area contributed by atoms with Crippen molar-refractivity contribution in [1.29, 1.82) is 0 Å². The zero-order valence-electron chi connectivity index (χ0n) is 17.2. The van der Waals surface area contributed by atoms with Gasteiger partial charge in [-0.2, -0.15) is 0 Å². The van der Waals surface area contributed by atoms with Crippen molar-refractivity contribution in [2.75, 3.05) is 6.61 Å². The molecule has 0 spiro atoms. The average Bonchev–Trinajstić information content (AvgIpc) is 3.40. The molecule has 1 aliphatic carbocycles. The molecule has 5 nitrogen and oxygen atoms in total. The van der Waals surface area contributed by atoms with Gasteiger partial charge in [0.2, 0.25) is 0 Å². The number of amides is 1. The molecular formula is C25H27NO4. The molecule has 0 radical (unpaired) electrons. The monoisotopic (exact) mass is 405 g/mol. The van der Waals surface area contributed by atoms with Crippen molar-refractivity contribution >= 4 is 17.4 Å². The maximum Gasteiger partial charge on any atom is 0.295 e. The maximum absolute atomic E-state index is 13.0. The predicted octanol–water partition coefficient (Wildman–Crippen LogP) is 4.84. The number of carbonyl (C=O) groups excluding carboxylic acids is 2. The topological polar surface area (TPSA) is 66.8 Å². The fraction of sp³-hybridized carbons (Fsp3) is 0.360. The van der Waals surface area contributed by atoms with Crippen LogP contribution in [0, 0.1) is 0 Å². The number of ketones is 1. The lowest BCUT2D eigenvalue weighted by atomic mass is 9.94. The fourth-order valence-corrected chi connectivity index (χ4v) is 4.45. The van der Waals surface area contributed by atoms with Gasteiger partial charge >= 0.3 is 0 Å². The van der Waals surface area contributed by atoms with Crippen molar-refractivity contribution in [2.24, 2.45) is 0 Å². The van der Waals surface area contributed by atoms with Gasteiger partial charge in [0.05, 0.1) is 18.2 Å². The van der Waals surface area contributed by atoms with E-state index in [1.165, 1.54) is 0 Å². The van der Waals surface area contributed by atoms with Crippen LogP contribution in [-0.4, -0.2) is 34.3 Å². The highest BCUT2D eigenvalue weighted by molar-refractivity contribution is 6.46. The Labute approximate surface area is 177 Å². The summed E-state index contributed by atoms with van der Waals surface area (Å²) in [5.41, 5.74) is 1.51. The SMILES string of the molecule is CCCOc1ccc(C2/C(=C(/O)c3ccccc3)C(=O)C(=O)N2C2CCCC2)cc1. The molecule has 0 aromatic heterocycles. The van der Waals surface area contributed by atoms with E-state index in [4.69, 9.17) is 4.74 Å². The van der Waals surface area contributed by atoms with Crippen LogP contribution in [0.3, 0.4) is 0 Å². The first kappa shape index (κ1) is 20.2. The molecule has 1 N–H and O–H groups in total. The molecule has 5 heteroatoms. The second-order valence-electron chi connectivity index (χ2n) is 7.93. The lowest BCUT2D eigenvalue weighted by Crippen LogP contribution is -2.37. The van der Waals surface area contributed by atoms with Gasteiger partial charge in [-0.05, 0) is 37.0 Å². The zero-order valence-corrected chi connectivity index (χ0v) is 17.2. The van der Waals surface area contributed by atoms with E-state index in [0.717, 1.165) is 43.4 Å². The van der Waals surface area contributed by atoms with Gasteiger partial charge in [0.1, 0.15) is 11.5 Å². The van der Waals surface area contributed by atoms with Crippen LogP contribution in [0.25, 0.3) is 5.76 Å². The highest BCUT2D eigenvalue weighted by atomic mass is 16.5. The molecule has 4 rings (SSSR count). The van der Waals surface area contributed by atoms with Gasteiger partial charge < -0.3 is 14.7 Å². The molecule has 1 aliphatic heterocycles. The number of carbonyl (C=O) groups is 2. The fourth-order valence-electron chi connectivity index (χ4n) is 4.45. The lowest BCUT2D eigenvalue weighted by Gasteiger charge is -2.30. The van der Waals surface area contributed by atoms with Crippen LogP contribution in [0.4, 0.5) is 0 Å². The van der Waals surface area contributed by atoms with Crippen LogP contribution in [0.1, 0.15) is 56.2 Å². The minimum atomic E-state index is -0.612. The van der Waals surface area contributed by atoms with Crippen LogP contribution in [0.2, 0.25) is 0 Å². The highest BCUT2D eigenvalue weighted by Gasteiger charge is 2.49. The van der Waals surface area contributed by atoms with E-state index in [0.29, 0.717) is 12.2 Å². The van der Waals surface area contributed by atoms with Crippen LogP contribution >= 0.6 is 0 Å². The third-order valence-electron chi connectivity index (χ3n) is 5.91. The maximum atomic E-state index is 13.0. The second kappa shape index (κ2) is 8.74. The Balaban J connectivity index is 1.79. The summed E-state index contributed by atoms with van der Waals surface area (Å²) in [6.07, 6.45) is 4.77. The summed E-state index contributed by atoms with van der Waals surface area (Å²) in [6.45, 7) is 2.68. The Morgan fingerprint density at radius 1 is 1.03 bits per heavy atom. The quantitative estimate of drug-likeness (QED) is 0.424. The number of aliphatic hydroxyl groups excluding tert-OH is 1. The van der Waals surface area contributed by atoms with Crippen molar-refractivity contribution in [2.45, 2.75) is 51.1 Å². The molecule has 1 saturated heterocycles. The molecule has 2 aromatic carbocycles.